The van der Waals surface area contributed by atoms with Crippen molar-refractivity contribution >= 4 is 17.5 Å². The van der Waals surface area contributed by atoms with Gasteiger partial charge in [-0.15, -0.1) is 0 Å². The van der Waals surface area contributed by atoms with Gasteiger partial charge in [0, 0.05) is 63.4 Å². The third kappa shape index (κ3) is 3.73. The van der Waals surface area contributed by atoms with Gasteiger partial charge in [-0.25, -0.2) is 4.98 Å². The molecule has 3 rings (SSSR count). The fourth-order valence-corrected chi connectivity index (χ4v) is 3.32. The number of carbonyl (C=O) groups is 2. The molecule has 1 aromatic heterocycles. The molecule has 0 aliphatic carbocycles. The van der Waals surface area contributed by atoms with Crippen LogP contribution in [0.1, 0.15) is 37.1 Å². The van der Waals surface area contributed by atoms with Crippen molar-refractivity contribution in [3.05, 3.63) is 48.0 Å². The predicted octanol–water partition coefficient (Wildman–Crippen LogP) is 2.10. The van der Waals surface area contributed by atoms with Crippen LogP contribution in [0.15, 0.2) is 36.7 Å². The number of rotatable bonds is 6. The summed E-state index contributed by atoms with van der Waals surface area (Å²) in [5.41, 5.74) is 2.05. The number of hydrogen-bond acceptors (Lipinski definition) is 3. The summed E-state index contributed by atoms with van der Waals surface area (Å²) in [6.45, 7) is 3.16. The number of fused-ring (bicyclic) bond motifs is 1. The largest absolute Gasteiger partial charge is 0.355 e. The Labute approximate surface area is 147 Å². The molecule has 0 unspecified atom stereocenters. The van der Waals surface area contributed by atoms with Crippen molar-refractivity contribution in [3.63, 3.8) is 0 Å². The average Bonchev–Trinajstić information content (AvgIpc) is 3.09. The normalized spacial score (nSPS) is 16.6. The molecule has 0 saturated heterocycles. The Bertz CT molecular complexity index is 768. The third-order valence-corrected chi connectivity index (χ3v) is 4.78. The van der Waals surface area contributed by atoms with Gasteiger partial charge in [-0.1, -0.05) is 25.1 Å². The van der Waals surface area contributed by atoms with E-state index in [1.165, 1.54) is 0 Å². The van der Waals surface area contributed by atoms with Gasteiger partial charge in [0.15, 0.2) is 0 Å². The smallest absolute Gasteiger partial charge is 0.227 e. The minimum absolute atomic E-state index is 0.000360. The first-order chi connectivity index (χ1) is 12.1. The number of amides is 2. The maximum Gasteiger partial charge on any atom is 0.227 e. The minimum Gasteiger partial charge on any atom is -0.355 e. The second-order valence-corrected chi connectivity index (χ2v) is 6.36. The summed E-state index contributed by atoms with van der Waals surface area (Å²) >= 11 is 0. The topological polar surface area (TPSA) is 67.2 Å². The van der Waals surface area contributed by atoms with E-state index in [2.05, 4.69) is 10.3 Å². The summed E-state index contributed by atoms with van der Waals surface area (Å²) in [6, 6.07) is 7.89. The highest BCUT2D eigenvalue weighted by Gasteiger charge is 2.28. The van der Waals surface area contributed by atoms with E-state index in [4.69, 9.17) is 0 Å². The highest BCUT2D eigenvalue weighted by molar-refractivity contribution is 5.96. The Kier molecular flexibility index (Phi) is 5.16. The van der Waals surface area contributed by atoms with Crippen molar-refractivity contribution in [2.75, 3.05) is 18.5 Å². The molecular weight excluding hydrogens is 316 g/mol. The predicted molar refractivity (Wildman–Crippen MR) is 96.4 cm³/mol. The SMILES string of the molecule is CCc1nccn1CCC(=O)NC[C@H]1CC(=O)N(C)c2ccccc21. The van der Waals surface area contributed by atoms with Crippen molar-refractivity contribution in [1.29, 1.82) is 0 Å². The highest BCUT2D eigenvalue weighted by Crippen LogP contribution is 2.34. The quantitative estimate of drug-likeness (QED) is 0.876. The van der Waals surface area contributed by atoms with Crippen LogP contribution < -0.4 is 10.2 Å². The van der Waals surface area contributed by atoms with E-state index in [1.54, 1.807) is 18.1 Å². The van der Waals surface area contributed by atoms with Gasteiger partial charge in [0.2, 0.25) is 11.8 Å². The van der Waals surface area contributed by atoms with Crippen LogP contribution in [-0.2, 0) is 22.6 Å². The fourth-order valence-electron chi connectivity index (χ4n) is 3.32. The molecule has 2 heterocycles. The Morgan fingerprint density at radius 3 is 2.96 bits per heavy atom. The summed E-state index contributed by atoms with van der Waals surface area (Å²) in [7, 11) is 1.80. The number of nitrogens with one attached hydrogen (secondary N) is 1. The van der Waals surface area contributed by atoms with Crippen LogP contribution in [0.25, 0.3) is 0 Å². The molecule has 1 atom stereocenters. The molecule has 0 spiro atoms. The number of imidazole rings is 1. The molecule has 1 N–H and O–H groups in total. The Morgan fingerprint density at radius 1 is 1.36 bits per heavy atom. The van der Waals surface area contributed by atoms with Gasteiger partial charge in [-0.3, -0.25) is 9.59 Å². The lowest BCUT2D eigenvalue weighted by molar-refractivity contribution is -0.122. The van der Waals surface area contributed by atoms with E-state index >= 15 is 0 Å². The van der Waals surface area contributed by atoms with Crippen LogP contribution in [0.5, 0.6) is 0 Å². The summed E-state index contributed by atoms with van der Waals surface area (Å²) in [5, 5.41) is 2.99. The number of benzene rings is 1. The Balaban J connectivity index is 1.57. The number of aromatic nitrogens is 2. The number of carbonyl (C=O) groups excluding carboxylic acids is 2. The highest BCUT2D eigenvalue weighted by atomic mass is 16.2. The number of nitrogens with zero attached hydrogens (tertiary/aromatic N) is 3. The van der Waals surface area contributed by atoms with Gasteiger partial charge in [0.25, 0.3) is 0 Å². The lowest BCUT2D eigenvalue weighted by Crippen LogP contribution is -2.37. The van der Waals surface area contributed by atoms with Gasteiger partial charge in [-0.2, -0.15) is 0 Å². The standard InChI is InChI=1S/C19H24N4O2/c1-3-17-20-9-11-23(17)10-8-18(24)21-13-14-12-19(25)22(2)16-7-5-4-6-15(14)16/h4-7,9,11,14H,3,8,10,12-13H2,1-2H3,(H,21,24)/t14-/m1/s1. The van der Waals surface area contributed by atoms with E-state index in [1.807, 2.05) is 42.0 Å². The zero-order chi connectivity index (χ0) is 17.8. The first-order valence-electron chi connectivity index (χ1n) is 8.72. The summed E-state index contributed by atoms with van der Waals surface area (Å²) in [6.07, 6.45) is 5.35. The number of para-hydroxylation sites is 1. The van der Waals surface area contributed by atoms with Crippen molar-refractivity contribution in [2.24, 2.45) is 0 Å². The molecule has 0 radical (unpaired) electrons. The van der Waals surface area contributed by atoms with E-state index in [-0.39, 0.29) is 17.7 Å². The molecule has 132 valence electrons. The molecule has 1 aromatic carbocycles. The maximum atomic E-state index is 12.2. The van der Waals surface area contributed by atoms with Crippen molar-refractivity contribution in [3.8, 4) is 0 Å². The molecular formula is C19H24N4O2. The zero-order valence-electron chi connectivity index (χ0n) is 14.7. The van der Waals surface area contributed by atoms with E-state index in [0.29, 0.717) is 25.9 Å². The molecule has 0 saturated carbocycles. The summed E-state index contributed by atoms with van der Waals surface area (Å²) in [4.78, 5) is 30.3. The minimum atomic E-state index is -0.000360. The third-order valence-electron chi connectivity index (χ3n) is 4.78. The van der Waals surface area contributed by atoms with E-state index < -0.39 is 0 Å². The van der Waals surface area contributed by atoms with Crippen LogP contribution in [-0.4, -0.2) is 35.0 Å². The van der Waals surface area contributed by atoms with Crippen molar-refractivity contribution in [2.45, 2.75) is 38.6 Å². The van der Waals surface area contributed by atoms with Crippen LogP contribution in [0.3, 0.4) is 0 Å². The summed E-state index contributed by atoms with van der Waals surface area (Å²) < 4.78 is 2.01. The monoisotopic (exact) mass is 340 g/mol. The molecule has 6 heteroatoms. The molecule has 1 aliphatic rings. The molecule has 1 aliphatic heterocycles. The van der Waals surface area contributed by atoms with Crippen LogP contribution in [0, 0.1) is 0 Å². The molecule has 0 bridgehead atoms. The molecule has 6 nitrogen and oxygen atoms in total. The average molecular weight is 340 g/mol. The van der Waals surface area contributed by atoms with Crippen LogP contribution in [0.2, 0.25) is 0 Å². The maximum absolute atomic E-state index is 12.2. The second-order valence-electron chi connectivity index (χ2n) is 6.36. The Morgan fingerprint density at radius 2 is 2.16 bits per heavy atom. The van der Waals surface area contributed by atoms with Gasteiger partial charge >= 0.3 is 0 Å². The molecule has 2 aromatic rings. The number of anilines is 1. The lowest BCUT2D eigenvalue weighted by Gasteiger charge is -2.31. The van der Waals surface area contributed by atoms with E-state index in [0.717, 1.165) is 23.5 Å². The van der Waals surface area contributed by atoms with Crippen LogP contribution in [0.4, 0.5) is 5.69 Å². The molecule has 2 amide bonds. The second kappa shape index (κ2) is 7.51. The zero-order valence-corrected chi connectivity index (χ0v) is 14.7. The van der Waals surface area contributed by atoms with Gasteiger partial charge < -0.3 is 14.8 Å². The fraction of sp³-hybridized carbons (Fsp3) is 0.421. The lowest BCUT2D eigenvalue weighted by atomic mass is 9.89. The van der Waals surface area contributed by atoms with Crippen LogP contribution >= 0.6 is 0 Å². The Hall–Kier alpha value is -2.63. The first kappa shape index (κ1) is 17.2. The van der Waals surface area contributed by atoms with Gasteiger partial charge in [0.05, 0.1) is 0 Å². The number of hydrogen-bond donors (Lipinski definition) is 1. The van der Waals surface area contributed by atoms with Crippen molar-refractivity contribution in [1.82, 2.24) is 14.9 Å². The van der Waals surface area contributed by atoms with E-state index in [9.17, 15) is 9.59 Å². The van der Waals surface area contributed by atoms with Crippen molar-refractivity contribution < 1.29 is 9.59 Å². The first-order valence-corrected chi connectivity index (χ1v) is 8.72. The molecule has 0 fully saturated rings. The van der Waals surface area contributed by atoms with Gasteiger partial charge in [-0.05, 0) is 11.6 Å². The molecule has 25 heavy (non-hydrogen) atoms. The summed E-state index contributed by atoms with van der Waals surface area (Å²) in [5.74, 6) is 1.11. The van der Waals surface area contributed by atoms with Gasteiger partial charge in [0.1, 0.15) is 5.82 Å². The number of aryl methyl sites for hydroxylation is 2.